The number of ether oxygens (including phenoxy) is 3. The summed E-state index contributed by atoms with van der Waals surface area (Å²) in [5.74, 6) is -0.152. The van der Waals surface area contributed by atoms with Gasteiger partial charge in [0.2, 0.25) is 0 Å². The number of hydrogen-bond donors (Lipinski definition) is 3. The van der Waals surface area contributed by atoms with Gasteiger partial charge < -0.3 is 30.0 Å². The first kappa shape index (κ1) is 21.7. The SMILES string of the molecule is CCOC(=O)NCC(C)(C)NCC(O)COc1ccccc1C(=O)OC. The van der Waals surface area contributed by atoms with E-state index in [4.69, 9.17) is 14.2 Å². The van der Waals surface area contributed by atoms with Crippen molar-refractivity contribution in [3.05, 3.63) is 29.8 Å². The Hall–Kier alpha value is -2.32. The molecule has 1 unspecified atom stereocenters. The maximum absolute atomic E-state index is 11.7. The molecule has 0 saturated carbocycles. The molecule has 146 valence electrons. The number of aliphatic hydroxyl groups is 1. The number of alkyl carbamates (subject to hydrolysis) is 1. The molecular formula is C18H28N2O6. The van der Waals surface area contributed by atoms with Crippen molar-refractivity contribution in [2.45, 2.75) is 32.4 Å². The number of benzene rings is 1. The van der Waals surface area contributed by atoms with E-state index in [1.165, 1.54) is 7.11 Å². The van der Waals surface area contributed by atoms with Gasteiger partial charge in [0.1, 0.15) is 24.0 Å². The predicted molar refractivity (Wildman–Crippen MR) is 96.4 cm³/mol. The molecule has 1 atom stereocenters. The number of aliphatic hydroxyl groups excluding tert-OH is 1. The number of rotatable bonds is 10. The largest absolute Gasteiger partial charge is 0.490 e. The third-order valence-electron chi connectivity index (χ3n) is 3.49. The van der Waals surface area contributed by atoms with E-state index in [2.05, 4.69) is 10.6 Å². The molecule has 0 heterocycles. The Bertz CT molecular complexity index is 591. The minimum atomic E-state index is -0.803. The molecule has 0 aliphatic rings. The highest BCUT2D eigenvalue weighted by molar-refractivity contribution is 5.92. The zero-order chi connectivity index (χ0) is 19.6. The average Bonchev–Trinajstić information content (AvgIpc) is 2.63. The molecule has 0 spiro atoms. The van der Waals surface area contributed by atoms with Crippen LogP contribution in [0, 0.1) is 0 Å². The van der Waals surface area contributed by atoms with Crippen LogP contribution in [-0.4, -0.2) is 62.2 Å². The monoisotopic (exact) mass is 368 g/mol. The van der Waals surface area contributed by atoms with Crippen LogP contribution in [-0.2, 0) is 9.47 Å². The second kappa shape index (κ2) is 10.6. The number of hydrogen-bond acceptors (Lipinski definition) is 7. The van der Waals surface area contributed by atoms with Gasteiger partial charge in [0.25, 0.3) is 0 Å². The van der Waals surface area contributed by atoms with Gasteiger partial charge in [0.05, 0.1) is 13.7 Å². The standard InChI is InChI=1S/C18H28N2O6/c1-5-25-17(23)19-12-18(2,3)20-10-13(21)11-26-15-9-7-6-8-14(15)16(22)24-4/h6-9,13,20-21H,5,10-12H2,1-4H3,(H,19,23). The average molecular weight is 368 g/mol. The summed E-state index contributed by atoms with van der Waals surface area (Å²) in [6, 6.07) is 6.67. The van der Waals surface area contributed by atoms with Crippen molar-refractivity contribution in [1.29, 1.82) is 0 Å². The minimum absolute atomic E-state index is 0.00237. The van der Waals surface area contributed by atoms with Crippen LogP contribution < -0.4 is 15.4 Å². The molecule has 1 aromatic rings. The highest BCUT2D eigenvalue weighted by Gasteiger charge is 2.20. The van der Waals surface area contributed by atoms with Gasteiger partial charge in [-0.05, 0) is 32.9 Å². The van der Waals surface area contributed by atoms with Gasteiger partial charge in [0, 0.05) is 18.6 Å². The van der Waals surface area contributed by atoms with E-state index in [1.807, 2.05) is 13.8 Å². The van der Waals surface area contributed by atoms with Crippen molar-refractivity contribution >= 4 is 12.1 Å². The van der Waals surface area contributed by atoms with E-state index in [-0.39, 0.29) is 13.2 Å². The molecule has 1 aromatic carbocycles. The fraction of sp³-hybridized carbons (Fsp3) is 0.556. The molecule has 1 amide bonds. The number of para-hydroxylation sites is 1. The van der Waals surface area contributed by atoms with E-state index >= 15 is 0 Å². The van der Waals surface area contributed by atoms with Gasteiger partial charge in [-0.1, -0.05) is 12.1 Å². The molecule has 0 fully saturated rings. The highest BCUT2D eigenvalue weighted by atomic mass is 16.5. The fourth-order valence-electron chi connectivity index (χ4n) is 2.05. The number of carbonyl (C=O) groups is 2. The summed E-state index contributed by atoms with van der Waals surface area (Å²) in [4.78, 5) is 23.0. The lowest BCUT2D eigenvalue weighted by Gasteiger charge is -2.28. The van der Waals surface area contributed by atoms with Crippen LogP contribution in [0.1, 0.15) is 31.1 Å². The van der Waals surface area contributed by atoms with Crippen molar-refractivity contribution in [2.75, 3.05) is 33.4 Å². The second-order valence-electron chi connectivity index (χ2n) is 6.29. The van der Waals surface area contributed by atoms with Crippen molar-refractivity contribution < 1.29 is 28.9 Å². The first-order valence-electron chi connectivity index (χ1n) is 8.43. The van der Waals surface area contributed by atoms with Crippen LogP contribution >= 0.6 is 0 Å². The molecule has 3 N–H and O–H groups in total. The van der Waals surface area contributed by atoms with Crippen LogP contribution in [0.4, 0.5) is 4.79 Å². The van der Waals surface area contributed by atoms with Gasteiger partial charge in [-0.2, -0.15) is 0 Å². The zero-order valence-electron chi connectivity index (χ0n) is 15.7. The Balaban J connectivity index is 2.44. The third-order valence-corrected chi connectivity index (χ3v) is 3.49. The smallest absolute Gasteiger partial charge is 0.407 e. The molecule has 26 heavy (non-hydrogen) atoms. The summed E-state index contributed by atoms with van der Waals surface area (Å²) >= 11 is 0. The zero-order valence-corrected chi connectivity index (χ0v) is 15.7. The summed E-state index contributed by atoms with van der Waals surface area (Å²) in [6.45, 7) is 6.41. The highest BCUT2D eigenvalue weighted by Crippen LogP contribution is 2.18. The molecule has 0 aliphatic carbocycles. The predicted octanol–water partition coefficient (Wildman–Crippen LogP) is 1.33. The van der Waals surface area contributed by atoms with Gasteiger partial charge in [-0.3, -0.25) is 0 Å². The van der Waals surface area contributed by atoms with Gasteiger partial charge in [-0.15, -0.1) is 0 Å². The van der Waals surface area contributed by atoms with E-state index < -0.39 is 23.7 Å². The second-order valence-corrected chi connectivity index (χ2v) is 6.29. The Morgan fingerprint density at radius 2 is 1.96 bits per heavy atom. The summed E-state index contributed by atoms with van der Waals surface area (Å²) < 4.78 is 15.0. The van der Waals surface area contributed by atoms with Crippen LogP contribution in [0.25, 0.3) is 0 Å². The first-order chi connectivity index (χ1) is 12.3. The van der Waals surface area contributed by atoms with Gasteiger partial charge >= 0.3 is 12.1 Å². The van der Waals surface area contributed by atoms with Crippen LogP contribution in [0.5, 0.6) is 5.75 Å². The van der Waals surface area contributed by atoms with Crippen molar-refractivity contribution in [3.8, 4) is 5.75 Å². The quantitative estimate of drug-likeness (QED) is 0.535. The molecule has 0 saturated heterocycles. The molecule has 0 aliphatic heterocycles. The first-order valence-corrected chi connectivity index (χ1v) is 8.43. The third kappa shape index (κ3) is 7.71. The number of carbonyl (C=O) groups excluding carboxylic acids is 2. The normalized spacial score (nSPS) is 12.2. The molecule has 0 bridgehead atoms. The summed E-state index contributed by atoms with van der Waals surface area (Å²) in [5, 5.41) is 15.9. The van der Waals surface area contributed by atoms with E-state index in [0.717, 1.165) is 0 Å². The van der Waals surface area contributed by atoms with Crippen LogP contribution in [0.2, 0.25) is 0 Å². The van der Waals surface area contributed by atoms with Crippen molar-refractivity contribution in [2.24, 2.45) is 0 Å². The van der Waals surface area contributed by atoms with Crippen LogP contribution in [0.3, 0.4) is 0 Å². The van der Waals surface area contributed by atoms with E-state index in [0.29, 0.717) is 24.5 Å². The topological polar surface area (TPSA) is 106 Å². The summed E-state index contributed by atoms with van der Waals surface area (Å²) in [6.07, 6.45) is -1.28. The Kier molecular flexibility index (Phi) is 8.87. The fourth-order valence-corrected chi connectivity index (χ4v) is 2.05. The van der Waals surface area contributed by atoms with E-state index in [9.17, 15) is 14.7 Å². The number of amides is 1. The van der Waals surface area contributed by atoms with Gasteiger partial charge in [0.15, 0.2) is 0 Å². The number of β-amino-alcohol motifs (C(OH)–C–C–N with tert-alkyl or cyclic N) is 1. The van der Waals surface area contributed by atoms with Crippen molar-refractivity contribution in [3.63, 3.8) is 0 Å². The molecule has 0 aromatic heterocycles. The minimum Gasteiger partial charge on any atom is -0.490 e. The number of esters is 1. The molecule has 1 rings (SSSR count). The Morgan fingerprint density at radius 1 is 1.27 bits per heavy atom. The molecule has 8 heteroatoms. The van der Waals surface area contributed by atoms with Crippen LogP contribution in [0.15, 0.2) is 24.3 Å². The van der Waals surface area contributed by atoms with E-state index in [1.54, 1.807) is 31.2 Å². The Morgan fingerprint density at radius 3 is 2.62 bits per heavy atom. The molecular weight excluding hydrogens is 340 g/mol. The lowest BCUT2D eigenvalue weighted by Crippen LogP contribution is -2.51. The van der Waals surface area contributed by atoms with Gasteiger partial charge in [-0.25, -0.2) is 9.59 Å². The number of methoxy groups -OCH3 is 1. The summed E-state index contributed by atoms with van der Waals surface area (Å²) in [7, 11) is 1.30. The van der Waals surface area contributed by atoms with Crippen molar-refractivity contribution in [1.82, 2.24) is 10.6 Å². The molecule has 0 radical (unpaired) electrons. The molecule has 8 nitrogen and oxygen atoms in total. The maximum atomic E-state index is 11.7. The lowest BCUT2D eigenvalue weighted by molar-refractivity contribution is 0.0587. The Labute approximate surface area is 153 Å². The number of nitrogens with one attached hydrogen (secondary N) is 2. The maximum Gasteiger partial charge on any atom is 0.407 e. The lowest BCUT2D eigenvalue weighted by atomic mass is 10.1. The summed E-state index contributed by atoms with van der Waals surface area (Å²) in [5.41, 5.74) is -0.147.